The number of allylic oxidation sites excluding steroid dienone is 12. The number of esters is 2. The highest BCUT2D eigenvalue weighted by molar-refractivity contribution is 7.47. The van der Waals surface area contributed by atoms with Crippen LogP contribution in [0.1, 0.15) is 149 Å². The first-order valence-electron chi connectivity index (χ1n) is 21.7. The number of phosphoric ester groups is 1. The first-order chi connectivity index (χ1) is 28.5. The smallest absolute Gasteiger partial charge is 0.472 e. The van der Waals surface area contributed by atoms with Crippen LogP contribution in [-0.4, -0.2) is 71.1 Å². The molecule has 1 unspecified atom stereocenters. The third-order valence-corrected chi connectivity index (χ3v) is 9.65. The van der Waals surface area contributed by atoms with Gasteiger partial charge in [-0.05, 0) is 83.5 Å². The van der Waals surface area contributed by atoms with Gasteiger partial charge in [0.2, 0.25) is 0 Å². The molecule has 0 aliphatic heterocycles. The van der Waals surface area contributed by atoms with Crippen LogP contribution in [0, 0.1) is 0 Å². The number of unbranched alkanes of at least 4 members (excludes halogenated alkanes) is 11. The number of hydrogen-bond acceptors (Lipinski definition) is 10. The molecule has 59 heavy (non-hydrogen) atoms. The summed E-state index contributed by atoms with van der Waals surface area (Å²) in [5, 5.41) is 18.9. The normalized spacial score (nSPS) is 15.1. The highest BCUT2D eigenvalue weighted by atomic mass is 31.2. The van der Waals surface area contributed by atoms with Gasteiger partial charge in [-0.15, -0.1) is 0 Å². The molecule has 0 radical (unpaired) electrons. The summed E-state index contributed by atoms with van der Waals surface area (Å²) in [6.07, 6.45) is 45.4. The third-order valence-electron chi connectivity index (χ3n) is 8.70. The Kier molecular flexibility index (Phi) is 37.8. The number of carbonyl (C=O) groups is 3. The van der Waals surface area contributed by atoms with E-state index in [9.17, 15) is 28.9 Å². The molecule has 4 atom stereocenters. The molecule has 0 fully saturated rings. The third kappa shape index (κ3) is 39.8. The molecule has 0 saturated heterocycles. The zero-order valence-electron chi connectivity index (χ0n) is 35.9. The molecule has 0 heterocycles. The largest absolute Gasteiger partial charge is 0.480 e. The molecule has 0 amide bonds. The average Bonchev–Trinajstić information content (AvgIpc) is 3.21. The molecule has 0 spiro atoms. The van der Waals surface area contributed by atoms with E-state index in [0.29, 0.717) is 32.1 Å². The minimum absolute atomic E-state index is 0.0434. The monoisotopic (exact) mass is 850 g/mol. The van der Waals surface area contributed by atoms with Crippen molar-refractivity contribution in [2.24, 2.45) is 5.73 Å². The minimum Gasteiger partial charge on any atom is -0.480 e. The predicted octanol–water partition coefficient (Wildman–Crippen LogP) is 10.5. The molecular formula is C46H76NO11P. The number of ether oxygens (including phenoxy) is 2. The van der Waals surface area contributed by atoms with Gasteiger partial charge in [-0.1, -0.05) is 137 Å². The number of hydrogen-bond donors (Lipinski definition) is 4. The summed E-state index contributed by atoms with van der Waals surface area (Å²) >= 11 is 0. The molecule has 0 bridgehead atoms. The average molecular weight is 850 g/mol. The molecule has 336 valence electrons. The van der Waals surface area contributed by atoms with Gasteiger partial charge in [-0.3, -0.25) is 23.4 Å². The number of aliphatic hydroxyl groups is 1. The Hall–Kier alpha value is -3.38. The van der Waals surface area contributed by atoms with Crippen LogP contribution in [0.25, 0.3) is 0 Å². The highest BCUT2D eigenvalue weighted by Gasteiger charge is 2.28. The van der Waals surface area contributed by atoms with Crippen LogP contribution in [0.15, 0.2) is 85.1 Å². The van der Waals surface area contributed by atoms with Gasteiger partial charge in [-0.25, -0.2) is 4.57 Å². The summed E-state index contributed by atoms with van der Waals surface area (Å²) in [6, 6.07) is -1.55. The lowest BCUT2D eigenvalue weighted by Gasteiger charge is -2.20. The van der Waals surface area contributed by atoms with Crippen LogP contribution in [-0.2, 0) is 37.5 Å². The van der Waals surface area contributed by atoms with E-state index in [2.05, 4.69) is 60.9 Å². The fourth-order valence-electron chi connectivity index (χ4n) is 5.21. The van der Waals surface area contributed by atoms with Gasteiger partial charge in [0.15, 0.2) is 6.10 Å². The lowest BCUT2D eigenvalue weighted by atomic mass is 10.1. The second-order valence-electron chi connectivity index (χ2n) is 14.3. The fraction of sp³-hybridized carbons (Fsp3) is 0.630. The predicted molar refractivity (Wildman–Crippen MR) is 236 cm³/mol. The molecule has 0 aromatic heterocycles. The van der Waals surface area contributed by atoms with E-state index in [1.54, 1.807) is 6.08 Å². The Balaban J connectivity index is 4.59. The number of carboxylic acid groups (broad SMARTS) is 1. The van der Waals surface area contributed by atoms with E-state index in [1.807, 2.05) is 36.5 Å². The van der Waals surface area contributed by atoms with Crippen molar-refractivity contribution >= 4 is 25.7 Å². The van der Waals surface area contributed by atoms with Crippen molar-refractivity contribution in [3.05, 3.63) is 85.1 Å². The summed E-state index contributed by atoms with van der Waals surface area (Å²) in [5.74, 6) is -2.54. The van der Waals surface area contributed by atoms with Gasteiger partial charge in [0.25, 0.3) is 0 Å². The maximum atomic E-state index is 12.6. The highest BCUT2D eigenvalue weighted by Crippen LogP contribution is 2.43. The van der Waals surface area contributed by atoms with Crippen LogP contribution in [0.3, 0.4) is 0 Å². The fourth-order valence-corrected chi connectivity index (χ4v) is 5.98. The van der Waals surface area contributed by atoms with Crippen LogP contribution in [0.2, 0.25) is 0 Å². The van der Waals surface area contributed by atoms with Gasteiger partial charge in [-0.2, -0.15) is 0 Å². The second-order valence-corrected chi connectivity index (χ2v) is 15.8. The van der Waals surface area contributed by atoms with Crippen LogP contribution >= 0.6 is 7.82 Å². The summed E-state index contributed by atoms with van der Waals surface area (Å²) in [6.45, 7) is 2.56. The molecule has 5 N–H and O–H groups in total. The van der Waals surface area contributed by atoms with Crippen molar-refractivity contribution in [3.63, 3.8) is 0 Å². The van der Waals surface area contributed by atoms with E-state index >= 15 is 0 Å². The topological polar surface area (TPSA) is 192 Å². The van der Waals surface area contributed by atoms with Crippen molar-refractivity contribution in [3.8, 4) is 0 Å². The molecule has 0 aromatic carbocycles. The summed E-state index contributed by atoms with van der Waals surface area (Å²) in [4.78, 5) is 45.9. The molecule has 0 aliphatic carbocycles. The molecule has 0 saturated carbocycles. The quantitative estimate of drug-likeness (QED) is 0.0151. The van der Waals surface area contributed by atoms with Gasteiger partial charge >= 0.3 is 25.7 Å². The number of aliphatic carboxylic acids is 1. The first-order valence-corrected chi connectivity index (χ1v) is 23.2. The summed E-state index contributed by atoms with van der Waals surface area (Å²) in [5.41, 5.74) is 5.32. The van der Waals surface area contributed by atoms with Crippen molar-refractivity contribution < 1.29 is 52.6 Å². The maximum Gasteiger partial charge on any atom is 0.472 e. The second kappa shape index (κ2) is 40.0. The minimum atomic E-state index is -4.76. The Labute approximate surface area is 355 Å². The van der Waals surface area contributed by atoms with Crippen molar-refractivity contribution in [1.82, 2.24) is 0 Å². The van der Waals surface area contributed by atoms with Crippen molar-refractivity contribution in [2.45, 2.75) is 167 Å². The molecule has 13 heteroatoms. The molecule has 0 aromatic rings. The SMILES string of the molecule is CCCCC/C=C\C/C=C\C/C=C\CCCCCCC(=O)OC[C@H](COP(=O)(O)OC[C@H](N)C(=O)O)OC(=O)CCC/C=C\C/C=C\C=C\[C@@H](O)C/C=C\CCCCC. The maximum absolute atomic E-state index is 12.6. The number of nitrogens with two attached hydrogens (primary N) is 1. The number of phosphoric acid groups is 1. The number of carboxylic acids is 1. The Bertz CT molecular complexity index is 1340. The van der Waals surface area contributed by atoms with Crippen molar-refractivity contribution in [2.75, 3.05) is 19.8 Å². The van der Waals surface area contributed by atoms with E-state index < -0.39 is 63.8 Å². The number of rotatable bonds is 39. The van der Waals surface area contributed by atoms with Crippen LogP contribution < -0.4 is 5.73 Å². The van der Waals surface area contributed by atoms with E-state index in [-0.39, 0.29) is 12.8 Å². The Morgan fingerprint density at radius 1 is 0.610 bits per heavy atom. The lowest BCUT2D eigenvalue weighted by molar-refractivity contribution is -0.161. The lowest BCUT2D eigenvalue weighted by Crippen LogP contribution is -2.34. The Morgan fingerprint density at radius 3 is 1.73 bits per heavy atom. The summed E-state index contributed by atoms with van der Waals surface area (Å²) < 4.78 is 32.6. The molecule has 12 nitrogen and oxygen atoms in total. The van der Waals surface area contributed by atoms with Crippen molar-refractivity contribution in [1.29, 1.82) is 0 Å². The van der Waals surface area contributed by atoms with Crippen LogP contribution in [0.4, 0.5) is 0 Å². The number of aliphatic hydroxyl groups excluding tert-OH is 1. The van der Waals surface area contributed by atoms with Gasteiger partial charge in [0, 0.05) is 12.8 Å². The zero-order chi connectivity index (χ0) is 43.7. The van der Waals surface area contributed by atoms with E-state index in [4.69, 9.17) is 24.8 Å². The van der Waals surface area contributed by atoms with E-state index in [1.165, 1.54) is 38.5 Å². The van der Waals surface area contributed by atoms with Crippen LogP contribution in [0.5, 0.6) is 0 Å². The Morgan fingerprint density at radius 2 is 1.12 bits per heavy atom. The standard InChI is InChI=1S/C46H76NO11P/c1-3-5-7-9-11-12-13-14-15-16-17-18-19-20-24-28-32-36-44(49)55-38-42(39-56-59(53,54)57-40-43(47)46(51)52)58-45(50)37-33-29-25-22-21-23-27-31-35-41(48)34-30-26-10-8-6-4-2/h11-12,14-15,17-18,22-23,25-27,30-31,35,41-43,48H,3-10,13,16,19-21,24,28-29,32-34,36-40,47H2,1-2H3,(H,51,52)(H,53,54)/b12-11-,15-14-,18-17-,25-22-,27-23-,30-26-,35-31+/t41-,42+,43-/m0/s1. The molecule has 0 rings (SSSR count). The van der Waals surface area contributed by atoms with Gasteiger partial charge < -0.3 is 30.3 Å². The molecule has 0 aliphatic rings. The molecular weight excluding hydrogens is 773 g/mol. The first kappa shape index (κ1) is 55.6. The zero-order valence-corrected chi connectivity index (χ0v) is 36.8. The number of carbonyl (C=O) groups excluding carboxylic acids is 2. The van der Waals surface area contributed by atoms with Gasteiger partial charge in [0.1, 0.15) is 12.6 Å². The van der Waals surface area contributed by atoms with E-state index in [0.717, 1.165) is 51.4 Å². The summed E-state index contributed by atoms with van der Waals surface area (Å²) in [7, 11) is -4.76. The van der Waals surface area contributed by atoms with Gasteiger partial charge in [0.05, 0.1) is 19.3 Å².